The van der Waals surface area contributed by atoms with E-state index in [1.54, 1.807) is 13.8 Å². The van der Waals surface area contributed by atoms with Crippen LogP contribution in [0.15, 0.2) is 0 Å². The van der Waals surface area contributed by atoms with Crippen molar-refractivity contribution in [2.75, 3.05) is 26.4 Å². The van der Waals surface area contributed by atoms with Crippen molar-refractivity contribution in [2.45, 2.75) is 38.3 Å². The van der Waals surface area contributed by atoms with Gasteiger partial charge in [-0.05, 0) is 6.42 Å². The summed E-state index contributed by atoms with van der Waals surface area (Å²) in [4.78, 5) is 22.2. The molecule has 0 aliphatic carbocycles. The lowest BCUT2D eigenvalue weighted by Gasteiger charge is -2.27. The van der Waals surface area contributed by atoms with E-state index in [-0.39, 0.29) is 19.1 Å². The number of esters is 2. The summed E-state index contributed by atoms with van der Waals surface area (Å²) >= 11 is 0. The maximum Gasteiger partial charge on any atom is 0.460 e. The van der Waals surface area contributed by atoms with Crippen molar-refractivity contribution in [3.05, 3.63) is 0 Å². The number of hydrogen-bond donors (Lipinski definition) is 0. The van der Waals surface area contributed by atoms with E-state index in [1.165, 1.54) is 0 Å². The smallest absolute Gasteiger partial charge is 0.460 e. The summed E-state index contributed by atoms with van der Waals surface area (Å²) in [6.07, 6.45) is -5.97. The van der Waals surface area contributed by atoms with Gasteiger partial charge in [-0.25, -0.2) is 4.79 Å². The lowest BCUT2D eigenvalue weighted by molar-refractivity contribution is -0.359. The molecule has 0 amide bonds. The van der Waals surface area contributed by atoms with Crippen LogP contribution in [0.1, 0.15) is 20.3 Å². The largest absolute Gasteiger partial charge is 0.463 e. The third-order valence-corrected chi connectivity index (χ3v) is 2.94. The Morgan fingerprint density at radius 1 is 0.960 bits per heavy atom. The maximum atomic E-state index is 12.9. The Bertz CT molecular complexity index is 451. The molecular weight excluding hydrogens is 369 g/mol. The molecule has 0 aromatic rings. The number of ether oxygens (including phenoxy) is 3. The van der Waals surface area contributed by atoms with Gasteiger partial charge in [-0.2, -0.15) is 30.7 Å². The van der Waals surface area contributed by atoms with Crippen LogP contribution < -0.4 is 0 Å². The van der Waals surface area contributed by atoms with E-state index >= 15 is 0 Å². The van der Waals surface area contributed by atoms with Crippen LogP contribution in [-0.2, 0) is 23.8 Å². The Labute approximate surface area is 138 Å². The van der Waals surface area contributed by atoms with Gasteiger partial charge in [0, 0.05) is 0 Å². The van der Waals surface area contributed by atoms with Crippen LogP contribution in [0.5, 0.6) is 0 Å². The number of carbonyl (C=O) groups is 2. The molecule has 0 aromatic heterocycles. The first-order chi connectivity index (χ1) is 11.3. The quantitative estimate of drug-likeness (QED) is 0.328. The van der Waals surface area contributed by atoms with Gasteiger partial charge in [-0.1, -0.05) is 13.8 Å². The fraction of sp³-hybridized carbons (Fsp3) is 0.846. The fourth-order valence-electron chi connectivity index (χ4n) is 1.18. The van der Waals surface area contributed by atoms with E-state index in [1.807, 2.05) is 0 Å². The van der Waals surface area contributed by atoms with Gasteiger partial charge in [-0.15, -0.1) is 0 Å². The summed E-state index contributed by atoms with van der Waals surface area (Å²) in [5.41, 5.74) is 0. The molecule has 0 radical (unpaired) electrons. The summed E-state index contributed by atoms with van der Waals surface area (Å²) < 4.78 is 99.3. The van der Waals surface area contributed by atoms with Crippen LogP contribution in [0.3, 0.4) is 0 Å². The van der Waals surface area contributed by atoms with E-state index in [4.69, 9.17) is 4.74 Å². The Kier molecular flexibility index (Phi) is 8.62. The van der Waals surface area contributed by atoms with Gasteiger partial charge in [0.15, 0.2) is 6.61 Å². The molecular formula is C13H17F7O5. The molecule has 1 unspecified atom stereocenters. The normalized spacial score (nSPS) is 14.1. The minimum absolute atomic E-state index is 0.265. The Morgan fingerprint density at radius 2 is 1.52 bits per heavy atom. The topological polar surface area (TPSA) is 61.8 Å². The van der Waals surface area contributed by atoms with Crippen LogP contribution >= 0.6 is 0 Å². The second-order valence-corrected chi connectivity index (χ2v) is 4.97. The third kappa shape index (κ3) is 7.04. The molecule has 0 heterocycles. The van der Waals surface area contributed by atoms with E-state index < -0.39 is 43.2 Å². The summed E-state index contributed by atoms with van der Waals surface area (Å²) in [5.74, 6) is -14.4. The standard InChI is InChI=1S/C13H17F7O5/c1-3-8(2)10(22)24-5-4-23-6-9(21)25-7-11(14,15)12(16,17)13(18,19)20/h8H,3-7H2,1-2H3. The van der Waals surface area contributed by atoms with Crippen LogP contribution in [0.2, 0.25) is 0 Å². The fourth-order valence-corrected chi connectivity index (χ4v) is 1.18. The molecule has 0 saturated carbocycles. The molecule has 0 rings (SSSR count). The summed E-state index contributed by atoms with van der Waals surface area (Å²) in [6.45, 7) is -0.696. The van der Waals surface area contributed by atoms with Crippen LogP contribution in [-0.4, -0.2) is 56.4 Å². The van der Waals surface area contributed by atoms with Gasteiger partial charge in [-0.3, -0.25) is 4.79 Å². The van der Waals surface area contributed by atoms with E-state index in [0.29, 0.717) is 6.42 Å². The highest BCUT2D eigenvalue weighted by Crippen LogP contribution is 2.46. The lowest BCUT2D eigenvalue weighted by atomic mass is 10.1. The highest BCUT2D eigenvalue weighted by atomic mass is 19.4. The Hall–Kier alpha value is -1.59. The molecule has 5 nitrogen and oxygen atoms in total. The zero-order valence-corrected chi connectivity index (χ0v) is 13.3. The molecule has 0 saturated heterocycles. The molecule has 0 fully saturated rings. The molecule has 25 heavy (non-hydrogen) atoms. The zero-order valence-electron chi connectivity index (χ0n) is 13.3. The number of hydrogen-bond acceptors (Lipinski definition) is 5. The summed E-state index contributed by atoms with van der Waals surface area (Å²) in [6, 6.07) is 0. The predicted octanol–water partition coefficient (Wildman–Crippen LogP) is 2.97. The lowest BCUT2D eigenvalue weighted by Crippen LogP contribution is -2.54. The van der Waals surface area contributed by atoms with Crippen LogP contribution in [0.4, 0.5) is 30.7 Å². The molecule has 0 aliphatic heterocycles. The molecule has 12 heteroatoms. The first-order valence-corrected chi connectivity index (χ1v) is 6.98. The van der Waals surface area contributed by atoms with Crippen molar-refractivity contribution in [3.63, 3.8) is 0 Å². The number of rotatable bonds is 10. The van der Waals surface area contributed by atoms with E-state index in [0.717, 1.165) is 0 Å². The predicted molar refractivity (Wildman–Crippen MR) is 68.1 cm³/mol. The average Bonchev–Trinajstić information content (AvgIpc) is 2.50. The van der Waals surface area contributed by atoms with Crippen molar-refractivity contribution in [1.29, 1.82) is 0 Å². The van der Waals surface area contributed by atoms with Gasteiger partial charge in [0.1, 0.15) is 13.2 Å². The Morgan fingerprint density at radius 3 is 2.00 bits per heavy atom. The van der Waals surface area contributed by atoms with Crippen molar-refractivity contribution in [1.82, 2.24) is 0 Å². The summed E-state index contributed by atoms with van der Waals surface area (Å²) in [5, 5.41) is 0. The van der Waals surface area contributed by atoms with E-state index in [9.17, 15) is 40.3 Å². The molecule has 0 aromatic carbocycles. The first-order valence-electron chi connectivity index (χ1n) is 6.98. The number of halogens is 7. The van der Waals surface area contributed by atoms with Gasteiger partial charge in [0.05, 0.1) is 12.5 Å². The molecule has 0 spiro atoms. The van der Waals surface area contributed by atoms with Gasteiger partial charge in [0.25, 0.3) is 0 Å². The number of alkyl halides is 7. The van der Waals surface area contributed by atoms with E-state index in [2.05, 4.69) is 9.47 Å². The Balaban J connectivity index is 4.15. The maximum absolute atomic E-state index is 12.9. The van der Waals surface area contributed by atoms with Gasteiger partial charge in [0.2, 0.25) is 0 Å². The van der Waals surface area contributed by atoms with Crippen LogP contribution in [0.25, 0.3) is 0 Å². The molecule has 0 aliphatic rings. The number of carbonyl (C=O) groups excluding carboxylic acids is 2. The molecule has 0 N–H and O–H groups in total. The third-order valence-electron chi connectivity index (χ3n) is 2.94. The SMILES string of the molecule is CCC(C)C(=O)OCCOCC(=O)OCC(F)(F)C(F)(F)C(F)(F)F. The second-order valence-electron chi connectivity index (χ2n) is 4.97. The van der Waals surface area contributed by atoms with Crippen molar-refractivity contribution >= 4 is 11.9 Å². The zero-order chi connectivity index (χ0) is 19.9. The monoisotopic (exact) mass is 386 g/mol. The second kappa shape index (κ2) is 9.20. The van der Waals surface area contributed by atoms with Crippen molar-refractivity contribution in [2.24, 2.45) is 5.92 Å². The van der Waals surface area contributed by atoms with Crippen LogP contribution in [0, 0.1) is 5.92 Å². The molecule has 1 atom stereocenters. The van der Waals surface area contributed by atoms with Gasteiger partial charge < -0.3 is 14.2 Å². The average molecular weight is 386 g/mol. The highest BCUT2D eigenvalue weighted by Gasteiger charge is 2.73. The minimum Gasteiger partial charge on any atom is -0.463 e. The first kappa shape index (κ1) is 23.4. The molecule has 148 valence electrons. The van der Waals surface area contributed by atoms with Gasteiger partial charge >= 0.3 is 30.0 Å². The highest BCUT2D eigenvalue weighted by molar-refractivity contribution is 5.72. The summed E-state index contributed by atoms with van der Waals surface area (Å²) in [7, 11) is 0. The minimum atomic E-state index is -6.50. The van der Waals surface area contributed by atoms with Crippen molar-refractivity contribution < 1.29 is 54.5 Å². The molecule has 0 bridgehead atoms. The van der Waals surface area contributed by atoms with Crippen molar-refractivity contribution in [3.8, 4) is 0 Å².